The minimum Gasteiger partial charge on any atom is -0.493 e. The number of para-hydroxylation sites is 1. The largest absolute Gasteiger partial charge is 0.493 e. The predicted octanol–water partition coefficient (Wildman–Crippen LogP) is 4.56. The van der Waals surface area contributed by atoms with Crippen LogP contribution >= 0.6 is 23.6 Å². The van der Waals surface area contributed by atoms with Gasteiger partial charge in [0.2, 0.25) is 11.8 Å². The van der Waals surface area contributed by atoms with Crippen molar-refractivity contribution in [2.75, 3.05) is 6.54 Å². The highest BCUT2D eigenvalue weighted by Crippen LogP contribution is 2.36. The average Bonchev–Trinajstić information content (AvgIpc) is 3.24. The van der Waals surface area contributed by atoms with E-state index in [0.717, 1.165) is 23.2 Å². The maximum Gasteiger partial charge on any atom is 0.303 e. The SMILES string of the molecule is CC(C(=O)NCCCCCC(=O)O)n1c(O)c(/C=C2/C=Nc3ccccc32)sc1=S. The first-order chi connectivity index (χ1) is 14.4. The number of benzene rings is 1. The summed E-state index contributed by atoms with van der Waals surface area (Å²) in [6, 6.07) is 7.08. The minimum absolute atomic E-state index is 0.0422. The van der Waals surface area contributed by atoms with E-state index >= 15 is 0 Å². The summed E-state index contributed by atoms with van der Waals surface area (Å²) in [4.78, 5) is 27.9. The lowest BCUT2D eigenvalue weighted by molar-refractivity contribution is -0.137. The van der Waals surface area contributed by atoms with E-state index in [-0.39, 0.29) is 18.2 Å². The lowest BCUT2D eigenvalue weighted by Gasteiger charge is -2.14. The summed E-state index contributed by atoms with van der Waals surface area (Å²) < 4.78 is 1.86. The fraction of sp³-hybridized carbons (Fsp3) is 0.333. The van der Waals surface area contributed by atoms with Crippen LogP contribution in [0.3, 0.4) is 0 Å². The number of hydrogen-bond acceptors (Lipinski definition) is 6. The second kappa shape index (κ2) is 9.82. The Kier molecular flexibility index (Phi) is 7.17. The van der Waals surface area contributed by atoms with Gasteiger partial charge in [0.1, 0.15) is 6.04 Å². The Morgan fingerprint density at radius 3 is 2.83 bits per heavy atom. The molecule has 2 aromatic rings. The molecular formula is C21H23N3O4S2. The van der Waals surface area contributed by atoms with Crippen molar-refractivity contribution in [1.29, 1.82) is 0 Å². The Labute approximate surface area is 183 Å². The number of carbonyl (C=O) groups is 2. The van der Waals surface area contributed by atoms with Gasteiger partial charge in [-0.05, 0) is 44.1 Å². The van der Waals surface area contributed by atoms with Crippen molar-refractivity contribution in [3.05, 3.63) is 38.7 Å². The number of aliphatic carboxylic acids is 1. The number of hydrogen-bond donors (Lipinski definition) is 3. The van der Waals surface area contributed by atoms with Crippen LogP contribution in [0.2, 0.25) is 0 Å². The standard InChI is InChI=1S/C21H23N3O4S2/c1-13(19(27)22-10-6-2-3-9-18(25)26)24-20(28)17(30-21(24)29)11-14-12-23-16-8-5-4-7-15(14)16/h4-5,7-8,11-13,28H,2-3,6,9-10H2,1H3,(H,22,27)(H,25,26)/b14-11-. The van der Waals surface area contributed by atoms with Crippen LogP contribution in [0.5, 0.6) is 5.88 Å². The number of carboxylic acids is 1. The first-order valence-corrected chi connectivity index (χ1v) is 10.9. The molecule has 1 aliphatic heterocycles. The van der Waals surface area contributed by atoms with Crippen LogP contribution in [0.25, 0.3) is 11.6 Å². The third-order valence-corrected chi connectivity index (χ3v) is 6.16. The lowest BCUT2D eigenvalue weighted by Crippen LogP contribution is -2.31. The number of rotatable bonds is 9. The molecule has 0 spiro atoms. The maximum absolute atomic E-state index is 12.5. The molecule has 0 saturated heterocycles. The van der Waals surface area contributed by atoms with Crippen LogP contribution in [-0.4, -0.2) is 39.4 Å². The first-order valence-electron chi connectivity index (χ1n) is 9.67. The Balaban J connectivity index is 1.66. The topological polar surface area (TPSA) is 104 Å². The van der Waals surface area contributed by atoms with Crippen LogP contribution in [0, 0.1) is 3.95 Å². The molecule has 1 aromatic carbocycles. The molecule has 9 heteroatoms. The Morgan fingerprint density at radius 2 is 2.07 bits per heavy atom. The molecule has 1 unspecified atom stereocenters. The molecule has 0 aliphatic carbocycles. The van der Waals surface area contributed by atoms with Gasteiger partial charge in [0.15, 0.2) is 3.95 Å². The summed E-state index contributed by atoms with van der Waals surface area (Å²) >= 11 is 6.63. The molecule has 30 heavy (non-hydrogen) atoms. The summed E-state index contributed by atoms with van der Waals surface area (Å²) in [7, 11) is 0. The Hall–Kier alpha value is -2.78. The number of aromatic hydroxyl groups is 1. The predicted molar refractivity (Wildman–Crippen MR) is 121 cm³/mol. The van der Waals surface area contributed by atoms with Crippen molar-refractivity contribution in [2.24, 2.45) is 4.99 Å². The zero-order chi connectivity index (χ0) is 21.7. The molecule has 158 valence electrons. The summed E-state index contributed by atoms with van der Waals surface area (Å²) in [5.41, 5.74) is 2.74. The quantitative estimate of drug-likeness (QED) is 0.388. The third-order valence-electron chi connectivity index (χ3n) is 4.82. The lowest BCUT2D eigenvalue weighted by atomic mass is 10.1. The highest BCUT2D eigenvalue weighted by atomic mass is 32.1. The van der Waals surface area contributed by atoms with E-state index < -0.39 is 12.0 Å². The number of fused-ring (bicyclic) bond motifs is 1. The Morgan fingerprint density at radius 1 is 1.30 bits per heavy atom. The number of nitrogens with zero attached hydrogens (tertiary/aromatic N) is 2. The van der Waals surface area contributed by atoms with Crippen molar-refractivity contribution in [1.82, 2.24) is 9.88 Å². The fourth-order valence-electron chi connectivity index (χ4n) is 3.18. The van der Waals surface area contributed by atoms with E-state index in [4.69, 9.17) is 17.3 Å². The van der Waals surface area contributed by atoms with Crippen LogP contribution in [0.4, 0.5) is 5.69 Å². The molecule has 2 heterocycles. The number of unbranched alkanes of at least 4 members (excludes halogenated alkanes) is 2. The molecule has 7 nitrogen and oxygen atoms in total. The van der Waals surface area contributed by atoms with Gasteiger partial charge in [0, 0.05) is 30.3 Å². The highest BCUT2D eigenvalue weighted by Gasteiger charge is 2.22. The number of aromatic nitrogens is 1. The molecule has 0 bridgehead atoms. The molecular weight excluding hydrogens is 422 g/mol. The molecule has 3 N–H and O–H groups in total. The second-order valence-electron chi connectivity index (χ2n) is 6.97. The molecule has 3 rings (SSSR count). The minimum atomic E-state index is -0.812. The van der Waals surface area contributed by atoms with Crippen molar-refractivity contribution in [3.63, 3.8) is 0 Å². The number of aliphatic imine (C=N–C) groups is 1. The van der Waals surface area contributed by atoms with Crippen LogP contribution in [0.1, 0.15) is 49.1 Å². The van der Waals surface area contributed by atoms with Gasteiger partial charge in [-0.3, -0.25) is 19.1 Å². The van der Waals surface area contributed by atoms with E-state index in [9.17, 15) is 14.7 Å². The molecule has 1 amide bonds. The van der Waals surface area contributed by atoms with Gasteiger partial charge in [-0.2, -0.15) is 0 Å². The van der Waals surface area contributed by atoms with E-state index in [2.05, 4.69) is 10.3 Å². The third kappa shape index (κ3) is 5.03. The fourth-order valence-corrected chi connectivity index (χ4v) is 4.60. The summed E-state index contributed by atoms with van der Waals surface area (Å²) in [5, 5.41) is 22.2. The maximum atomic E-state index is 12.5. The second-order valence-corrected chi connectivity index (χ2v) is 8.65. The first kappa shape index (κ1) is 21.9. The van der Waals surface area contributed by atoms with Gasteiger partial charge in [-0.25, -0.2) is 0 Å². The molecule has 1 atom stereocenters. The monoisotopic (exact) mass is 445 g/mol. The van der Waals surface area contributed by atoms with Crippen LogP contribution in [-0.2, 0) is 9.59 Å². The van der Waals surface area contributed by atoms with Gasteiger partial charge in [0.05, 0.1) is 10.6 Å². The molecule has 0 radical (unpaired) electrons. The van der Waals surface area contributed by atoms with Crippen molar-refractivity contribution in [2.45, 2.75) is 38.6 Å². The smallest absolute Gasteiger partial charge is 0.303 e. The highest BCUT2D eigenvalue weighted by molar-refractivity contribution is 7.73. The number of carboxylic acid groups (broad SMARTS) is 1. The van der Waals surface area contributed by atoms with Gasteiger partial charge >= 0.3 is 5.97 Å². The van der Waals surface area contributed by atoms with Crippen molar-refractivity contribution in [3.8, 4) is 5.88 Å². The van der Waals surface area contributed by atoms with E-state index in [0.29, 0.717) is 28.2 Å². The van der Waals surface area contributed by atoms with E-state index in [1.165, 1.54) is 15.9 Å². The molecule has 1 aliphatic rings. The van der Waals surface area contributed by atoms with Crippen LogP contribution < -0.4 is 5.32 Å². The van der Waals surface area contributed by atoms with Crippen molar-refractivity contribution >= 4 is 59.0 Å². The molecule has 0 saturated carbocycles. The van der Waals surface area contributed by atoms with Gasteiger partial charge < -0.3 is 15.5 Å². The average molecular weight is 446 g/mol. The van der Waals surface area contributed by atoms with E-state index in [1.54, 1.807) is 13.1 Å². The zero-order valence-electron chi connectivity index (χ0n) is 16.5. The summed E-state index contributed by atoms with van der Waals surface area (Å²) in [6.07, 6.45) is 5.72. The van der Waals surface area contributed by atoms with Crippen molar-refractivity contribution < 1.29 is 19.8 Å². The van der Waals surface area contributed by atoms with Crippen LogP contribution in [0.15, 0.2) is 29.3 Å². The van der Waals surface area contributed by atoms with Gasteiger partial charge in [-0.15, -0.1) is 11.3 Å². The van der Waals surface area contributed by atoms with Gasteiger partial charge in [-0.1, -0.05) is 24.6 Å². The Bertz CT molecular complexity index is 1070. The number of amides is 1. The van der Waals surface area contributed by atoms with E-state index in [1.807, 2.05) is 30.3 Å². The summed E-state index contributed by atoms with van der Waals surface area (Å²) in [5.74, 6) is -1.10. The number of allylic oxidation sites excluding steroid dienone is 1. The molecule has 0 fully saturated rings. The molecule has 1 aromatic heterocycles. The number of carbonyl (C=O) groups excluding carboxylic acids is 1. The number of nitrogens with one attached hydrogen (secondary N) is 1. The normalized spacial score (nSPS) is 14.6. The summed E-state index contributed by atoms with van der Waals surface area (Å²) in [6.45, 7) is 2.14. The zero-order valence-corrected chi connectivity index (χ0v) is 18.1. The number of thiazole rings is 1. The van der Waals surface area contributed by atoms with Gasteiger partial charge in [0.25, 0.3) is 0 Å².